The molecule has 1 rings (SSSR count). The van der Waals surface area contributed by atoms with Crippen molar-refractivity contribution in [3.8, 4) is 0 Å². The van der Waals surface area contributed by atoms with Crippen molar-refractivity contribution < 1.29 is 17.2 Å². The van der Waals surface area contributed by atoms with Gasteiger partial charge < -0.3 is 4.98 Å². The molecule has 0 unspecified atom stereocenters. The summed E-state index contributed by atoms with van der Waals surface area (Å²) in [7, 11) is 0.553. The number of aromatic nitrogens is 1. The second-order valence-corrected chi connectivity index (χ2v) is 4.90. The molecular weight excluding hydrogens is 240 g/mol. The maximum atomic E-state index is 12.1. The predicted octanol–water partition coefficient (Wildman–Crippen LogP) is 1.24. The third-order valence-corrected chi connectivity index (χ3v) is 2.73. The minimum Gasteiger partial charge on any atom is -0.327 e. The van der Waals surface area contributed by atoms with E-state index in [0.717, 1.165) is 6.20 Å². The Bertz CT molecular complexity index is 496. The van der Waals surface area contributed by atoms with Gasteiger partial charge in [-0.05, 0) is 6.07 Å². The molecule has 0 aliphatic heterocycles. The van der Waals surface area contributed by atoms with Crippen molar-refractivity contribution in [1.82, 2.24) is 4.98 Å². The molecule has 0 aromatic carbocycles. The van der Waals surface area contributed by atoms with Crippen LogP contribution in [-0.4, -0.2) is 13.4 Å². The molecular formula is C6H4ClF2NO3S. The van der Waals surface area contributed by atoms with E-state index in [1.807, 2.05) is 4.98 Å². The Labute approximate surface area is 81.9 Å². The summed E-state index contributed by atoms with van der Waals surface area (Å²) in [5.41, 5.74) is -1.63. The summed E-state index contributed by atoms with van der Waals surface area (Å²) >= 11 is 0. The monoisotopic (exact) mass is 243 g/mol. The molecule has 0 aliphatic rings. The van der Waals surface area contributed by atoms with Crippen molar-refractivity contribution in [3.63, 3.8) is 0 Å². The zero-order valence-electron chi connectivity index (χ0n) is 6.50. The number of pyridine rings is 1. The van der Waals surface area contributed by atoms with E-state index in [0.29, 0.717) is 6.07 Å². The van der Waals surface area contributed by atoms with Gasteiger partial charge in [-0.15, -0.1) is 0 Å². The minimum atomic E-state index is -4.29. The number of alkyl halides is 2. The first-order chi connectivity index (χ1) is 6.32. The van der Waals surface area contributed by atoms with Crippen LogP contribution in [0.5, 0.6) is 0 Å². The molecule has 0 atom stereocenters. The fourth-order valence-electron chi connectivity index (χ4n) is 0.786. The molecule has 0 saturated carbocycles. The molecule has 1 aromatic heterocycles. The Balaban J connectivity index is 3.45. The zero-order chi connectivity index (χ0) is 10.9. The summed E-state index contributed by atoms with van der Waals surface area (Å²) in [6, 6.07) is 0.547. The Morgan fingerprint density at radius 1 is 1.43 bits per heavy atom. The number of halogens is 3. The quantitative estimate of drug-likeness (QED) is 0.795. The molecule has 78 valence electrons. The van der Waals surface area contributed by atoms with Crippen LogP contribution >= 0.6 is 10.7 Å². The number of hydrogen-bond acceptors (Lipinski definition) is 3. The first-order valence-corrected chi connectivity index (χ1v) is 5.59. The molecule has 0 radical (unpaired) electrons. The Morgan fingerprint density at radius 2 is 2.00 bits per heavy atom. The topological polar surface area (TPSA) is 67.0 Å². The molecule has 8 heteroatoms. The molecule has 0 aliphatic carbocycles. The van der Waals surface area contributed by atoms with Gasteiger partial charge in [0.05, 0.1) is 0 Å². The molecule has 14 heavy (non-hydrogen) atoms. The van der Waals surface area contributed by atoms with Crippen LogP contribution in [0.4, 0.5) is 8.78 Å². The summed E-state index contributed by atoms with van der Waals surface area (Å²) in [4.78, 5) is 11.9. The van der Waals surface area contributed by atoms with Crippen molar-refractivity contribution in [1.29, 1.82) is 0 Å². The third-order valence-electron chi connectivity index (χ3n) is 1.41. The molecule has 4 nitrogen and oxygen atoms in total. The SMILES string of the molecule is O=c1[nH]cc(C(F)F)cc1S(=O)(=O)Cl. The molecule has 0 saturated heterocycles. The molecule has 1 aromatic rings. The fraction of sp³-hybridized carbons (Fsp3) is 0.167. The zero-order valence-corrected chi connectivity index (χ0v) is 8.07. The van der Waals surface area contributed by atoms with Crippen LogP contribution in [0.2, 0.25) is 0 Å². The van der Waals surface area contributed by atoms with Crippen molar-refractivity contribution in [2.75, 3.05) is 0 Å². The smallest absolute Gasteiger partial charge is 0.268 e. The molecule has 0 amide bonds. The van der Waals surface area contributed by atoms with Gasteiger partial charge in [-0.1, -0.05) is 0 Å². The molecule has 0 fully saturated rings. The molecule has 1 N–H and O–H groups in total. The number of H-pyrrole nitrogens is 1. The lowest BCUT2D eigenvalue weighted by Crippen LogP contribution is -2.14. The highest BCUT2D eigenvalue weighted by atomic mass is 35.7. The molecule has 1 heterocycles. The summed E-state index contributed by atoms with van der Waals surface area (Å²) in [6.07, 6.45) is -2.14. The van der Waals surface area contributed by atoms with Gasteiger partial charge >= 0.3 is 0 Å². The number of aromatic amines is 1. The highest BCUT2D eigenvalue weighted by Crippen LogP contribution is 2.19. The van der Waals surface area contributed by atoms with Gasteiger partial charge in [0.15, 0.2) is 0 Å². The normalized spacial score (nSPS) is 12.0. The van der Waals surface area contributed by atoms with Gasteiger partial charge in [-0.3, -0.25) is 4.79 Å². The van der Waals surface area contributed by atoms with Crippen molar-refractivity contribution in [3.05, 3.63) is 28.2 Å². The first kappa shape index (κ1) is 11.1. The Hall–Kier alpha value is -0.950. The fourth-order valence-corrected chi connectivity index (χ4v) is 1.69. The van der Waals surface area contributed by atoms with Crippen LogP contribution in [0.15, 0.2) is 22.0 Å². The van der Waals surface area contributed by atoms with Gasteiger partial charge in [0.25, 0.3) is 21.0 Å². The van der Waals surface area contributed by atoms with Crippen LogP contribution in [0.25, 0.3) is 0 Å². The van der Waals surface area contributed by atoms with E-state index < -0.39 is 31.5 Å². The minimum absolute atomic E-state index is 0.547. The van der Waals surface area contributed by atoms with Crippen LogP contribution in [0, 0.1) is 0 Å². The van der Waals surface area contributed by atoms with Gasteiger partial charge in [0, 0.05) is 22.4 Å². The highest BCUT2D eigenvalue weighted by Gasteiger charge is 2.18. The first-order valence-electron chi connectivity index (χ1n) is 3.28. The van der Waals surface area contributed by atoms with E-state index in [1.165, 1.54) is 0 Å². The highest BCUT2D eigenvalue weighted by molar-refractivity contribution is 8.13. The van der Waals surface area contributed by atoms with Crippen molar-refractivity contribution in [2.45, 2.75) is 11.3 Å². The number of rotatable bonds is 2. The van der Waals surface area contributed by atoms with E-state index in [-0.39, 0.29) is 0 Å². The van der Waals surface area contributed by atoms with Gasteiger partial charge in [0.2, 0.25) is 0 Å². The van der Waals surface area contributed by atoms with Crippen LogP contribution in [0.3, 0.4) is 0 Å². The maximum Gasteiger partial charge on any atom is 0.268 e. The predicted molar refractivity (Wildman–Crippen MR) is 45.1 cm³/mol. The number of hydrogen-bond donors (Lipinski definition) is 1. The number of nitrogens with one attached hydrogen (secondary N) is 1. The van der Waals surface area contributed by atoms with Crippen molar-refractivity contribution in [2.24, 2.45) is 0 Å². The van der Waals surface area contributed by atoms with Crippen LogP contribution in [-0.2, 0) is 9.05 Å². The lowest BCUT2D eigenvalue weighted by Gasteiger charge is -2.00. The average Bonchev–Trinajstić information content (AvgIpc) is 2.02. The largest absolute Gasteiger partial charge is 0.327 e. The van der Waals surface area contributed by atoms with Gasteiger partial charge in [-0.25, -0.2) is 17.2 Å². The summed E-state index contributed by atoms with van der Waals surface area (Å²) in [6.45, 7) is 0. The average molecular weight is 244 g/mol. The summed E-state index contributed by atoms with van der Waals surface area (Å²) in [5, 5.41) is 0. The Morgan fingerprint density at radius 3 is 2.43 bits per heavy atom. The van der Waals surface area contributed by atoms with Crippen LogP contribution in [0.1, 0.15) is 12.0 Å². The second kappa shape index (κ2) is 3.66. The lowest BCUT2D eigenvalue weighted by atomic mass is 10.3. The van der Waals surface area contributed by atoms with Gasteiger partial charge in [-0.2, -0.15) is 0 Å². The Kier molecular flexibility index (Phi) is 2.91. The molecule has 0 spiro atoms. The van der Waals surface area contributed by atoms with E-state index >= 15 is 0 Å². The standard InChI is InChI=1S/C6H4ClF2NO3S/c7-14(12,13)4-1-3(5(8)9)2-10-6(4)11/h1-2,5H,(H,10,11). The summed E-state index contributed by atoms with van der Waals surface area (Å²) < 4.78 is 45.7. The van der Waals surface area contributed by atoms with Crippen molar-refractivity contribution >= 4 is 19.7 Å². The van der Waals surface area contributed by atoms with E-state index in [1.54, 1.807) is 0 Å². The lowest BCUT2D eigenvalue weighted by molar-refractivity contribution is 0.150. The van der Waals surface area contributed by atoms with E-state index in [2.05, 4.69) is 0 Å². The second-order valence-electron chi connectivity index (χ2n) is 2.36. The van der Waals surface area contributed by atoms with E-state index in [9.17, 15) is 22.0 Å². The van der Waals surface area contributed by atoms with E-state index in [4.69, 9.17) is 10.7 Å². The van der Waals surface area contributed by atoms with Gasteiger partial charge in [0.1, 0.15) is 4.90 Å². The third kappa shape index (κ3) is 2.30. The van der Waals surface area contributed by atoms with Crippen LogP contribution < -0.4 is 5.56 Å². The molecule has 0 bridgehead atoms. The summed E-state index contributed by atoms with van der Waals surface area (Å²) in [5.74, 6) is 0. The maximum absolute atomic E-state index is 12.1.